The Morgan fingerprint density at radius 3 is 2.96 bits per heavy atom. The van der Waals surface area contributed by atoms with E-state index < -0.39 is 9.84 Å². The molecule has 1 aliphatic rings. The van der Waals surface area contributed by atoms with Gasteiger partial charge in [0.1, 0.15) is 5.82 Å². The third kappa shape index (κ3) is 4.52. The summed E-state index contributed by atoms with van der Waals surface area (Å²) >= 11 is 0. The van der Waals surface area contributed by atoms with Gasteiger partial charge in [-0.2, -0.15) is 0 Å². The van der Waals surface area contributed by atoms with E-state index >= 15 is 0 Å². The number of fused-ring (bicyclic) bond motifs is 1. The number of hydrogen-bond acceptors (Lipinski definition) is 5. The average molecular weight is 365 g/mol. The van der Waals surface area contributed by atoms with E-state index in [1.807, 2.05) is 0 Å². The molecule has 2 heterocycles. The van der Waals surface area contributed by atoms with Crippen LogP contribution in [-0.4, -0.2) is 55.3 Å². The fourth-order valence-electron chi connectivity index (χ4n) is 3.12. The van der Waals surface area contributed by atoms with Crippen LogP contribution in [0.25, 0.3) is 10.9 Å². The lowest BCUT2D eigenvalue weighted by Gasteiger charge is -2.19. The van der Waals surface area contributed by atoms with Crippen LogP contribution in [0.15, 0.2) is 30.5 Å². The maximum atomic E-state index is 13.8. The lowest BCUT2D eigenvalue weighted by Crippen LogP contribution is -2.41. The standard InChI is InChI=1S/C17H20FN3O3S/c1-21(10-16(22)20-15-4-6-25(23,24)11-15)9-13-8-14(18)7-12-3-2-5-19-17(12)13/h2-3,5,7-8,15H,4,6,9-11H2,1H3,(H,20,22). The smallest absolute Gasteiger partial charge is 0.234 e. The summed E-state index contributed by atoms with van der Waals surface area (Å²) < 4.78 is 36.6. The van der Waals surface area contributed by atoms with Crippen LogP contribution in [0.1, 0.15) is 12.0 Å². The highest BCUT2D eigenvalue weighted by atomic mass is 32.2. The molecule has 1 aromatic carbocycles. The zero-order valence-electron chi connectivity index (χ0n) is 13.9. The molecule has 0 saturated carbocycles. The van der Waals surface area contributed by atoms with Gasteiger partial charge in [-0.1, -0.05) is 6.07 Å². The SMILES string of the molecule is CN(CC(=O)NC1CCS(=O)(=O)C1)Cc1cc(F)cc2cccnc12. The molecule has 6 nitrogen and oxygen atoms in total. The van der Waals surface area contributed by atoms with E-state index in [1.165, 1.54) is 12.1 Å². The molecule has 2 aromatic rings. The number of aromatic nitrogens is 1. The highest BCUT2D eigenvalue weighted by Gasteiger charge is 2.29. The predicted octanol–water partition coefficient (Wildman–Crippen LogP) is 1.11. The van der Waals surface area contributed by atoms with E-state index in [9.17, 15) is 17.6 Å². The van der Waals surface area contributed by atoms with Crippen molar-refractivity contribution in [3.8, 4) is 0 Å². The highest BCUT2D eigenvalue weighted by Crippen LogP contribution is 2.19. The third-order valence-electron chi connectivity index (χ3n) is 4.20. The van der Waals surface area contributed by atoms with Crippen molar-refractivity contribution in [3.63, 3.8) is 0 Å². The fourth-order valence-corrected chi connectivity index (χ4v) is 4.80. The topological polar surface area (TPSA) is 79.4 Å². The molecular weight excluding hydrogens is 345 g/mol. The molecular formula is C17H20FN3O3S. The van der Waals surface area contributed by atoms with Crippen molar-refractivity contribution in [1.29, 1.82) is 0 Å². The van der Waals surface area contributed by atoms with Gasteiger partial charge in [0.05, 0.1) is 23.6 Å². The summed E-state index contributed by atoms with van der Waals surface area (Å²) in [6, 6.07) is 6.08. The normalized spacial score (nSPS) is 19.4. The first-order chi connectivity index (χ1) is 11.8. The van der Waals surface area contributed by atoms with Gasteiger partial charge in [-0.3, -0.25) is 14.7 Å². The second kappa shape index (κ2) is 7.05. The molecule has 134 valence electrons. The summed E-state index contributed by atoms with van der Waals surface area (Å²) in [5.41, 5.74) is 1.41. The third-order valence-corrected chi connectivity index (χ3v) is 5.97. The molecule has 1 atom stereocenters. The molecule has 0 bridgehead atoms. The van der Waals surface area contributed by atoms with Crippen molar-refractivity contribution >= 4 is 26.6 Å². The Kier molecular flexibility index (Phi) is 5.01. The number of sulfone groups is 1. The van der Waals surface area contributed by atoms with Gasteiger partial charge in [-0.05, 0) is 37.2 Å². The van der Waals surface area contributed by atoms with Gasteiger partial charge in [0.15, 0.2) is 9.84 Å². The molecule has 1 N–H and O–H groups in total. The van der Waals surface area contributed by atoms with Gasteiger partial charge in [0, 0.05) is 24.2 Å². The van der Waals surface area contributed by atoms with Crippen molar-refractivity contribution in [2.75, 3.05) is 25.1 Å². The van der Waals surface area contributed by atoms with Crippen LogP contribution < -0.4 is 5.32 Å². The summed E-state index contributed by atoms with van der Waals surface area (Å²) in [7, 11) is -1.27. The molecule has 1 saturated heterocycles. The molecule has 0 spiro atoms. The number of rotatable bonds is 5. The van der Waals surface area contributed by atoms with Crippen molar-refractivity contribution < 1.29 is 17.6 Å². The monoisotopic (exact) mass is 365 g/mol. The summed E-state index contributed by atoms with van der Waals surface area (Å²) in [5.74, 6) is -0.460. The van der Waals surface area contributed by atoms with Crippen LogP contribution in [0.5, 0.6) is 0 Å². The number of carbonyl (C=O) groups is 1. The Morgan fingerprint density at radius 2 is 2.24 bits per heavy atom. The molecule has 0 aliphatic carbocycles. The lowest BCUT2D eigenvalue weighted by atomic mass is 10.1. The maximum absolute atomic E-state index is 13.8. The zero-order valence-corrected chi connectivity index (χ0v) is 14.7. The Hall–Kier alpha value is -2.06. The molecule has 1 aliphatic heterocycles. The number of nitrogens with zero attached hydrogens (tertiary/aromatic N) is 2. The van der Waals surface area contributed by atoms with Crippen LogP contribution in [0.3, 0.4) is 0 Å². The van der Waals surface area contributed by atoms with Crippen LogP contribution in [0, 0.1) is 5.82 Å². The summed E-state index contributed by atoms with van der Waals surface area (Å²) in [6.45, 7) is 0.461. The van der Waals surface area contributed by atoms with Gasteiger partial charge in [-0.15, -0.1) is 0 Å². The number of amides is 1. The van der Waals surface area contributed by atoms with E-state index in [-0.39, 0.29) is 35.8 Å². The van der Waals surface area contributed by atoms with Crippen molar-refractivity contribution in [2.45, 2.75) is 19.0 Å². The number of likely N-dealkylation sites (N-methyl/N-ethyl adjacent to an activating group) is 1. The van der Waals surface area contributed by atoms with Crippen molar-refractivity contribution in [1.82, 2.24) is 15.2 Å². The Bertz CT molecular complexity index is 901. The van der Waals surface area contributed by atoms with Crippen LogP contribution in [0.4, 0.5) is 4.39 Å². The minimum Gasteiger partial charge on any atom is -0.351 e. The number of nitrogens with one attached hydrogen (secondary N) is 1. The van der Waals surface area contributed by atoms with Gasteiger partial charge in [0.2, 0.25) is 5.91 Å². The van der Waals surface area contributed by atoms with E-state index in [1.54, 1.807) is 30.3 Å². The van der Waals surface area contributed by atoms with Crippen LogP contribution in [-0.2, 0) is 21.2 Å². The predicted molar refractivity (Wildman–Crippen MR) is 93.2 cm³/mol. The Labute approximate surface area is 146 Å². The number of carbonyl (C=O) groups excluding carboxylic acids is 1. The molecule has 1 aromatic heterocycles. The Morgan fingerprint density at radius 1 is 1.44 bits per heavy atom. The highest BCUT2D eigenvalue weighted by molar-refractivity contribution is 7.91. The number of hydrogen-bond donors (Lipinski definition) is 1. The van der Waals surface area contributed by atoms with Gasteiger partial charge < -0.3 is 5.32 Å². The second-order valence-corrected chi connectivity index (χ2v) is 8.71. The van der Waals surface area contributed by atoms with E-state index in [0.29, 0.717) is 29.4 Å². The average Bonchev–Trinajstić information content (AvgIpc) is 2.85. The summed E-state index contributed by atoms with van der Waals surface area (Å²) in [6.07, 6.45) is 2.10. The number of pyridine rings is 1. The minimum absolute atomic E-state index is 0.000901. The molecule has 1 amide bonds. The van der Waals surface area contributed by atoms with Crippen LogP contribution >= 0.6 is 0 Å². The molecule has 3 rings (SSSR count). The van der Waals surface area contributed by atoms with Crippen molar-refractivity contribution in [3.05, 3.63) is 41.8 Å². The van der Waals surface area contributed by atoms with Gasteiger partial charge >= 0.3 is 0 Å². The Balaban J connectivity index is 1.63. The van der Waals surface area contributed by atoms with E-state index in [0.717, 1.165) is 0 Å². The molecule has 1 fully saturated rings. The van der Waals surface area contributed by atoms with Crippen molar-refractivity contribution in [2.24, 2.45) is 0 Å². The zero-order chi connectivity index (χ0) is 18.0. The van der Waals surface area contributed by atoms with E-state index in [4.69, 9.17) is 0 Å². The molecule has 8 heteroatoms. The number of benzene rings is 1. The molecule has 0 radical (unpaired) electrons. The largest absolute Gasteiger partial charge is 0.351 e. The second-order valence-electron chi connectivity index (χ2n) is 6.48. The van der Waals surface area contributed by atoms with E-state index in [2.05, 4.69) is 10.3 Å². The maximum Gasteiger partial charge on any atom is 0.234 e. The molecule has 25 heavy (non-hydrogen) atoms. The summed E-state index contributed by atoms with van der Waals surface area (Å²) in [4.78, 5) is 18.1. The first-order valence-corrected chi connectivity index (χ1v) is 9.86. The van der Waals surface area contributed by atoms with Crippen LogP contribution in [0.2, 0.25) is 0 Å². The first kappa shape index (κ1) is 17.8. The van der Waals surface area contributed by atoms with Gasteiger partial charge in [0.25, 0.3) is 0 Å². The molecule has 1 unspecified atom stereocenters. The van der Waals surface area contributed by atoms with Gasteiger partial charge in [-0.25, -0.2) is 12.8 Å². The lowest BCUT2D eigenvalue weighted by molar-refractivity contribution is -0.122. The number of halogens is 1. The fraction of sp³-hybridized carbons (Fsp3) is 0.412. The first-order valence-electron chi connectivity index (χ1n) is 8.04. The quantitative estimate of drug-likeness (QED) is 0.859. The summed E-state index contributed by atoms with van der Waals surface area (Å²) in [5, 5.41) is 3.46. The minimum atomic E-state index is -3.03.